The molecule has 1 aromatic heterocycles. The first-order chi connectivity index (χ1) is 12.1. The van der Waals surface area contributed by atoms with Gasteiger partial charge in [-0.1, -0.05) is 6.07 Å². The number of hydrogen-bond acceptors (Lipinski definition) is 6. The van der Waals surface area contributed by atoms with Crippen LogP contribution in [0.4, 0.5) is 10.3 Å². The SMILES string of the molecule is Nc1nc2n(n1)C1CCC(c3ccc(O)cc3F)C3NOC(C=C2)C31. The van der Waals surface area contributed by atoms with Crippen molar-refractivity contribution in [2.24, 2.45) is 5.92 Å². The van der Waals surface area contributed by atoms with Gasteiger partial charge < -0.3 is 10.8 Å². The van der Waals surface area contributed by atoms with Crippen LogP contribution in [-0.2, 0) is 4.84 Å². The molecular weight excluding hydrogens is 325 g/mol. The third kappa shape index (κ3) is 2.17. The highest BCUT2D eigenvalue weighted by Gasteiger charge is 2.51. The highest BCUT2D eigenvalue weighted by Crippen LogP contribution is 2.48. The fraction of sp³-hybridized carbons (Fsp3) is 0.412. The Morgan fingerprint density at radius 2 is 2.24 bits per heavy atom. The second-order valence-corrected chi connectivity index (χ2v) is 6.89. The number of anilines is 1. The number of nitrogens with zero attached hydrogens (tertiary/aromatic N) is 3. The molecule has 8 heteroatoms. The number of hydroxylamine groups is 1. The highest BCUT2D eigenvalue weighted by atomic mass is 19.1. The van der Waals surface area contributed by atoms with Crippen LogP contribution < -0.4 is 11.2 Å². The summed E-state index contributed by atoms with van der Waals surface area (Å²) in [6.07, 6.45) is 5.32. The number of phenols is 1. The molecule has 5 unspecified atom stereocenters. The van der Waals surface area contributed by atoms with E-state index in [1.54, 1.807) is 6.07 Å². The summed E-state index contributed by atoms with van der Waals surface area (Å²) in [6, 6.07) is 4.40. The summed E-state index contributed by atoms with van der Waals surface area (Å²) in [5.41, 5.74) is 9.49. The lowest BCUT2D eigenvalue weighted by molar-refractivity contribution is 0.0427. The average Bonchev–Trinajstić information content (AvgIpc) is 3.13. The quantitative estimate of drug-likeness (QED) is 0.730. The second kappa shape index (κ2) is 5.27. The molecule has 4 N–H and O–H groups in total. The summed E-state index contributed by atoms with van der Waals surface area (Å²) >= 11 is 0. The van der Waals surface area contributed by atoms with Gasteiger partial charge in [0.05, 0.1) is 6.04 Å². The van der Waals surface area contributed by atoms with E-state index in [0.29, 0.717) is 5.56 Å². The Kier molecular flexibility index (Phi) is 3.13. The molecule has 130 valence electrons. The molecule has 25 heavy (non-hydrogen) atoms. The molecule has 3 heterocycles. The van der Waals surface area contributed by atoms with E-state index >= 15 is 0 Å². The van der Waals surface area contributed by atoms with Crippen molar-refractivity contribution < 1.29 is 14.3 Å². The maximum atomic E-state index is 14.4. The van der Waals surface area contributed by atoms with Crippen LogP contribution in [0.3, 0.4) is 0 Å². The first kappa shape index (κ1) is 14.9. The van der Waals surface area contributed by atoms with Crippen LogP contribution in [0.1, 0.15) is 36.2 Å². The number of nitrogen functional groups attached to an aromatic ring is 1. The summed E-state index contributed by atoms with van der Waals surface area (Å²) in [6.45, 7) is 0. The van der Waals surface area contributed by atoms with Gasteiger partial charge in [-0.2, -0.15) is 10.5 Å². The molecule has 7 nitrogen and oxygen atoms in total. The van der Waals surface area contributed by atoms with Gasteiger partial charge in [-0.05, 0) is 36.6 Å². The van der Waals surface area contributed by atoms with E-state index in [9.17, 15) is 9.50 Å². The number of fused-ring (bicyclic) bond motifs is 2. The lowest BCUT2D eigenvalue weighted by atomic mass is 9.70. The molecule has 2 fully saturated rings. The molecule has 3 aliphatic rings. The van der Waals surface area contributed by atoms with Gasteiger partial charge in [-0.25, -0.2) is 9.07 Å². The van der Waals surface area contributed by atoms with Crippen molar-refractivity contribution in [1.29, 1.82) is 0 Å². The standard InChI is InChI=1S/C17H18FN5O2/c18-11-7-8(24)1-2-9(11)10-3-4-12-15-13(25-22-16(10)15)5-6-14-20-17(19)21-23(12)14/h1-2,5-7,10,12-13,15-16,22,24H,3-4H2,(H2,19,21). The van der Waals surface area contributed by atoms with Crippen LogP contribution in [0.2, 0.25) is 0 Å². The minimum atomic E-state index is -0.386. The van der Waals surface area contributed by atoms with Crippen LogP contribution in [0.15, 0.2) is 24.3 Å². The maximum Gasteiger partial charge on any atom is 0.240 e. The van der Waals surface area contributed by atoms with E-state index in [1.165, 1.54) is 6.07 Å². The Balaban J connectivity index is 1.55. The average molecular weight is 343 g/mol. The zero-order chi connectivity index (χ0) is 17.1. The van der Waals surface area contributed by atoms with Gasteiger partial charge in [-0.3, -0.25) is 4.84 Å². The molecule has 1 saturated heterocycles. The Morgan fingerprint density at radius 3 is 3.08 bits per heavy atom. The van der Waals surface area contributed by atoms with E-state index in [0.717, 1.165) is 24.7 Å². The number of rotatable bonds is 1. The molecule has 5 rings (SSSR count). The van der Waals surface area contributed by atoms with Crippen molar-refractivity contribution in [1.82, 2.24) is 20.2 Å². The van der Waals surface area contributed by atoms with Crippen LogP contribution in [0.25, 0.3) is 6.08 Å². The van der Waals surface area contributed by atoms with Crippen molar-refractivity contribution in [2.75, 3.05) is 5.73 Å². The molecule has 5 atom stereocenters. The number of halogens is 1. The van der Waals surface area contributed by atoms with Gasteiger partial charge in [0.2, 0.25) is 5.95 Å². The molecule has 1 saturated carbocycles. The summed E-state index contributed by atoms with van der Waals surface area (Å²) in [4.78, 5) is 10.1. The van der Waals surface area contributed by atoms with Crippen LogP contribution in [0.5, 0.6) is 5.75 Å². The van der Waals surface area contributed by atoms with E-state index in [-0.39, 0.29) is 47.5 Å². The fourth-order valence-electron chi connectivity index (χ4n) is 4.56. The van der Waals surface area contributed by atoms with E-state index in [4.69, 9.17) is 10.6 Å². The van der Waals surface area contributed by atoms with E-state index in [1.807, 2.05) is 16.8 Å². The van der Waals surface area contributed by atoms with Crippen molar-refractivity contribution >= 4 is 12.0 Å². The molecular formula is C17H18FN5O2. The topological polar surface area (TPSA) is 98.2 Å². The van der Waals surface area contributed by atoms with Crippen molar-refractivity contribution in [3.05, 3.63) is 41.5 Å². The number of benzene rings is 1. The zero-order valence-electron chi connectivity index (χ0n) is 13.3. The third-order valence-electron chi connectivity index (χ3n) is 5.59. The molecule has 2 aromatic rings. The lowest BCUT2D eigenvalue weighted by Gasteiger charge is -2.39. The zero-order valence-corrected chi connectivity index (χ0v) is 13.3. The normalized spacial score (nSPS) is 32.9. The van der Waals surface area contributed by atoms with Crippen LogP contribution in [-0.4, -0.2) is 32.0 Å². The third-order valence-corrected chi connectivity index (χ3v) is 5.59. The minimum absolute atomic E-state index is 0.0392. The number of phenolic OH excluding ortho intramolecular Hbond substituents is 1. The lowest BCUT2D eigenvalue weighted by Crippen LogP contribution is -2.43. The second-order valence-electron chi connectivity index (χ2n) is 6.89. The van der Waals surface area contributed by atoms with Crippen LogP contribution in [0, 0.1) is 11.7 Å². The van der Waals surface area contributed by atoms with Gasteiger partial charge in [0.15, 0.2) is 5.82 Å². The van der Waals surface area contributed by atoms with Crippen molar-refractivity contribution in [2.45, 2.75) is 36.9 Å². The summed E-state index contributed by atoms with van der Waals surface area (Å²) < 4.78 is 16.3. The van der Waals surface area contributed by atoms with Crippen LogP contribution >= 0.6 is 0 Å². The smallest absolute Gasteiger partial charge is 0.240 e. The monoisotopic (exact) mass is 343 g/mol. The Bertz CT molecular complexity index is 867. The summed E-state index contributed by atoms with van der Waals surface area (Å²) in [7, 11) is 0. The van der Waals surface area contributed by atoms with E-state index in [2.05, 4.69) is 15.6 Å². The predicted octanol–water partition coefficient (Wildman–Crippen LogP) is 1.74. The highest BCUT2D eigenvalue weighted by molar-refractivity contribution is 5.45. The predicted molar refractivity (Wildman–Crippen MR) is 87.8 cm³/mol. The van der Waals surface area contributed by atoms with Gasteiger partial charge in [0.25, 0.3) is 0 Å². The molecule has 0 radical (unpaired) electrons. The Hall–Kier alpha value is -2.45. The first-order valence-electron chi connectivity index (χ1n) is 8.41. The molecule has 1 aliphatic carbocycles. The first-order valence-corrected chi connectivity index (χ1v) is 8.41. The molecule has 0 spiro atoms. The largest absolute Gasteiger partial charge is 0.508 e. The molecule has 2 aliphatic heterocycles. The summed E-state index contributed by atoms with van der Waals surface area (Å²) in [5.74, 6) is 0.599. The van der Waals surface area contributed by atoms with Crippen molar-refractivity contribution in [3.8, 4) is 5.75 Å². The Morgan fingerprint density at radius 1 is 1.36 bits per heavy atom. The number of aromatic hydroxyl groups is 1. The Labute approximate surface area is 143 Å². The molecule has 0 bridgehead atoms. The maximum absolute atomic E-state index is 14.4. The minimum Gasteiger partial charge on any atom is -0.508 e. The van der Waals surface area contributed by atoms with Gasteiger partial charge in [-0.15, -0.1) is 5.10 Å². The molecule has 1 aromatic carbocycles. The number of hydrogen-bond donors (Lipinski definition) is 3. The fourth-order valence-corrected chi connectivity index (χ4v) is 4.56. The van der Waals surface area contributed by atoms with E-state index < -0.39 is 0 Å². The number of nitrogens with one attached hydrogen (secondary N) is 1. The van der Waals surface area contributed by atoms with Gasteiger partial charge in [0, 0.05) is 23.9 Å². The number of nitrogens with two attached hydrogens (primary N) is 1. The molecule has 0 amide bonds. The summed E-state index contributed by atoms with van der Waals surface area (Å²) in [5, 5.41) is 13.8. The van der Waals surface area contributed by atoms with Crippen molar-refractivity contribution in [3.63, 3.8) is 0 Å². The van der Waals surface area contributed by atoms with Gasteiger partial charge in [0.1, 0.15) is 17.7 Å². The van der Waals surface area contributed by atoms with Gasteiger partial charge >= 0.3 is 0 Å². The number of aromatic nitrogens is 3.